The molecule has 0 saturated heterocycles. The molecule has 0 rings (SSSR count). The number of carbonyl (C=O) groups is 2. The summed E-state index contributed by atoms with van der Waals surface area (Å²) in [7, 11) is 0. The van der Waals surface area contributed by atoms with E-state index in [1.54, 1.807) is 0 Å². The summed E-state index contributed by atoms with van der Waals surface area (Å²) in [5.74, 6) is -0.339. The Kier molecular flexibility index (Phi) is 8.51. The third kappa shape index (κ3) is 9.82. The molecule has 1 atom stereocenters. The summed E-state index contributed by atoms with van der Waals surface area (Å²) in [4.78, 5) is 23.4. The minimum absolute atomic E-state index is 0.203. The van der Waals surface area contributed by atoms with Gasteiger partial charge >= 0.3 is 11.9 Å². The Hall–Kier alpha value is -1.06. The average molecular weight is 285 g/mol. The van der Waals surface area contributed by atoms with E-state index in [-0.39, 0.29) is 17.9 Å². The fourth-order valence-electron chi connectivity index (χ4n) is 1.59. The van der Waals surface area contributed by atoms with Crippen molar-refractivity contribution in [1.82, 2.24) is 0 Å². The van der Waals surface area contributed by atoms with E-state index in [9.17, 15) is 9.59 Å². The van der Waals surface area contributed by atoms with E-state index in [0.717, 1.165) is 0 Å². The van der Waals surface area contributed by atoms with Gasteiger partial charge in [0, 0.05) is 6.42 Å². The number of ether oxygens (including phenoxy) is 2. The van der Waals surface area contributed by atoms with Gasteiger partial charge in [0.2, 0.25) is 0 Å². The zero-order chi connectivity index (χ0) is 15.8. The first-order valence-electron chi connectivity index (χ1n) is 7.33. The van der Waals surface area contributed by atoms with Crippen LogP contribution in [-0.2, 0) is 19.1 Å². The third-order valence-corrected chi connectivity index (χ3v) is 2.60. The highest BCUT2D eigenvalue weighted by Gasteiger charge is 2.23. The van der Waals surface area contributed by atoms with E-state index < -0.39 is 5.60 Å². The molecular formula is C16H29O4. The van der Waals surface area contributed by atoms with Crippen molar-refractivity contribution in [3.8, 4) is 0 Å². The zero-order valence-corrected chi connectivity index (χ0v) is 13.5. The zero-order valence-electron chi connectivity index (χ0n) is 13.5. The van der Waals surface area contributed by atoms with Crippen molar-refractivity contribution in [3.05, 3.63) is 6.92 Å². The van der Waals surface area contributed by atoms with Crippen molar-refractivity contribution in [3.63, 3.8) is 0 Å². The summed E-state index contributed by atoms with van der Waals surface area (Å²) in [6.45, 7) is 13.7. The maximum atomic E-state index is 11.9. The summed E-state index contributed by atoms with van der Waals surface area (Å²) in [6, 6.07) is 0. The van der Waals surface area contributed by atoms with E-state index >= 15 is 0 Å². The van der Waals surface area contributed by atoms with Crippen LogP contribution in [0.4, 0.5) is 0 Å². The molecule has 0 saturated carbocycles. The number of hydrogen-bond acceptors (Lipinski definition) is 4. The maximum absolute atomic E-state index is 11.9. The van der Waals surface area contributed by atoms with E-state index in [0.29, 0.717) is 38.2 Å². The van der Waals surface area contributed by atoms with Crippen LogP contribution >= 0.6 is 0 Å². The number of hydrogen-bond donors (Lipinski definition) is 0. The van der Waals surface area contributed by atoms with Crippen LogP contribution in [0.1, 0.15) is 60.3 Å². The molecule has 4 heteroatoms. The highest BCUT2D eigenvalue weighted by molar-refractivity contribution is 5.73. The van der Waals surface area contributed by atoms with E-state index in [1.165, 1.54) is 0 Å². The molecule has 0 amide bonds. The molecule has 117 valence electrons. The normalized spacial score (nSPS) is 13.2. The predicted octanol–water partition coefficient (Wildman–Crippen LogP) is 3.54. The average Bonchev–Trinajstić information content (AvgIpc) is 2.29. The van der Waals surface area contributed by atoms with Gasteiger partial charge in [0.1, 0.15) is 5.60 Å². The molecule has 0 N–H and O–H groups in total. The van der Waals surface area contributed by atoms with Crippen LogP contribution in [0.2, 0.25) is 0 Å². The molecular weight excluding hydrogens is 256 g/mol. The first-order chi connectivity index (χ1) is 9.15. The molecule has 0 fully saturated rings. The minimum Gasteiger partial charge on any atom is -0.465 e. The fraction of sp³-hybridized carbons (Fsp3) is 0.812. The van der Waals surface area contributed by atoms with Crippen molar-refractivity contribution in [2.45, 2.75) is 65.9 Å². The third-order valence-electron chi connectivity index (χ3n) is 2.60. The minimum atomic E-state index is -0.485. The number of carbonyl (C=O) groups excluding carboxylic acids is 2. The Morgan fingerprint density at radius 2 is 1.80 bits per heavy atom. The Morgan fingerprint density at radius 3 is 2.25 bits per heavy atom. The SMILES string of the molecule is [CH2]CC(CCCC(=O)OCC(C)C)C(=O)OC(C)(C)C. The number of esters is 2. The summed E-state index contributed by atoms with van der Waals surface area (Å²) in [5.41, 5.74) is -0.485. The monoisotopic (exact) mass is 285 g/mol. The van der Waals surface area contributed by atoms with Crippen molar-refractivity contribution >= 4 is 11.9 Å². The standard InChI is InChI=1S/C16H29O4/c1-7-13(15(18)20-16(4,5)6)9-8-10-14(17)19-11-12(2)3/h12-13H,1,7-11H2,2-6H3. The summed E-state index contributed by atoms with van der Waals surface area (Å²) >= 11 is 0. The first kappa shape index (κ1) is 18.9. The van der Waals surface area contributed by atoms with Crippen LogP contribution in [0, 0.1) is 18.8 Å². The van der Waals surface area contributed by atoms with E-state index in [4.69, 9.17) is 9.47 Å². The van der Waals surface area contributed by atoms with Crippen LogP contribution in [-0.4, -0.2) is 24.1 Å². The Labute approximate surface area is 123 Å². The summed E-state index contributed by atoms with van der Waals surface area (Å²) in [6.07, 6.45) is 2.05. The van der Waals surface area contributed by atoms with Crippen molar-refractivity contribution < 1.29 is 19.1 Å². The van der Waals surface area contributed by atoms with E-state index in [1.807, 2.05) is 34.6 Å². The van der Waals surface area contributed by atoms with Gasteiger partial charge in [0.15, 0.2) is 0 Å². The van der Waals surface area contributed by atoms with Crippen LogP contribution in [0.3, 0.4) is 0 Å². The van der Waals surface area contributed by atoms with Crippen LogP contribution in [0.25, 0.3) is 0 Å². The smallest absolute Gasteiger partial charge is 0.309 e. The van der Waals surface area contributed by atoms with Gasteiger partial charge in [0.05, 0.1) is 12.5 Å². The fourth-order valence-corrected chi connectivity index (χ4v) is 1.59. The van der Waals surface area contributed by atoms with Gasteiger partial charge in [-0.1, -0.05) is 20.8 Å². The van der Waals surface area contributed by atoms with Gasteiger partial charge < -0.3 is 9.47 Å². The molecule has 0 aliphatic rings. The van der Waals surface area contributed by atoms with Crippen molar-refractivity contribution in [2.75, 3.05) is 6.61 Å². The summed E-state index contributed by atoms with van der Waals surface area (Å²) in [5, 5.41) is 0. The van der Waals surface area contributed by atoms with Gasteiger partial charge in [-0.2, -0.15) is 0 Å². The molecule has 0 bridgehead atoms. The second kappa shape index (κ2) is 8.98. The molecule has 20 heavy (non-hydrogen) atoms. The Bertz CT molecular complexity index is 302. The molecule has 0 heterocycles. The molecule has 0 aromatic rings. The maximum Gasteiger partial charge on any atom is 0.309 e. The number of rotatable bonds is 8. The van der Waals surface area contributed by atoms with E-state index in [2.05, 4.69) is 6.92 Å². The van der Waals surface area contributed by atoms with Crippen LogP contribution < -0.4 is 0 Å². The largest absolute Gasteiger partial charge is 0.465 e. The first-order valence-corrected chi connectivity index (χ1v) is 7.33. The van der Waals surface area contributed by atoms with Crippen molar-refractivity contribution in [1.29, 1.82) is 0 Å². The van der Waals surface area contributed by atoms with Crippen molar-refractivity contribution in [2.24, 2.45) is 11.8 Å². The lowest BCUT2D eigenvalue weighted by molar-refractivity contribution is -0.160. The van der Waals surface area contributed by atoms with Gasteiger partial charge in [-0.15, -0.1) is 0 Å². The van der Waals surface area contributed by atoms with Gasteiger partial charge in [0.25, 0.3) is 0 Å². The highest BCUT2D eigenvalue weighted by Crippen LogP contribution is 2.18. The lowest BCUT2D eigenvalue weighted by Crippen LogP contribution is -2.28. The second-order valence-electron chi connectivity index (χ2n) is 6.49. The molecule has 0 aliphatic heterocycles. The Morgan fingerprint density at radius 1 is 1.20 bits per heavy atom. The molecule has 4 nitrogen and oxygen atoms in total. The van der Waals surface area contributed by atoms with Gasteiger partial charge in [-0.3, -0.25) is 9.59 Å². The quantitative estimate of drug-likeness (QED) is 0.640. The predicted molar refractivity (Wildman–Crippen MR) is 79.0 cm³/mol. The molecule has 0 spiro atoms. The summed E-state index contributed by atoms with van der Waals surface area (Å²) < 4.78 is 10.4. The highest BCUT2D eigenvalue weighted by atomic mass is 16.6. The second-order valence-corrected chi connectivity index (χ2v) is 6.49. The molecule has 0 aliphatic carbocycles. The molecule has 0 aromatic carbocycles. The molecule has 1 radical (unpaired) electrons. The molecule has 0 aromatic heterocycles. The lowest BCUT2D eigenvalue weighted by atomic mass is 9.99. The van der Waals surface area contributed by atoms with Gasteiger partial charge in [-0.05, 0) is 46.0 Å². The van der Waals surface area contributed by atoms with Crippen LogP contribution in [0.5, 0.6) is 0 Å². The van der Waals surface area contributed by atoms with Crippen LogP contribution in [0.15, 0.2) is 0 Å². The Balaban J connectivity index is 4.01. The lowest BCUT2D eigenvalue weighted by Gasteiger charge is -2.23. The molecule has 1 unspecified atom stereocenters. The van der Waals surface area contributed by atoms with Gasteiger partial charge in [-0.25, -0.2) is 0 Å². The topological polar surface area (TPSA) is 52.6 Å².